The fourth-order valence-electron chi connectivity index (χ4n) is 2.78. The minimum atomic E-state index is -0.0222. The highest BCUT2D eigenvalue weighted by Crippen LogP contribution is 2.23. The number of halogens is 2. The Morgan fingerprint density at radius 3 is 2.91 bits per heavy atom. The Hall–Kier alpha value is -0.810. The third kappa shape index (κ3) is 5.43. The lowest BCUT2D eigenvalue weighted by Crippen LogP contribution is -2.45. The van der Waals surface area contributed by atoms with Crippen molar-refractivity contribution in [1.29, 1.82) is 0 Å². The smallest absolute Gasteiger partial charge is 0.238 e. The van der Waals surface area contributed by atoms with E-state index in [2.05, 4.69) is 10.2 Å². The number of anilines is 1. The number of benzene rings is 1. The van der Waals surface area contributed by atoms with Gasteiger partial charge >= 0.3 is 0 Å². The summed E-state index contributed by atoms with van der Waals surface area (Å²) in [7, 11) is 0. The quantitative estimate of drug-likeness (QED) is 0.881. The Labute approximate surface area is 143 Å². The van der Waals surface area contributed by atoms with E-state index in [-0.39, 0.29) is 24.4 Å². The molecule has 0 radical (unpaired) electrons. The van der Waals surface area contributed by atoms with Crippen LogP contribution in [0.1, 0.15) is 25.3 Å². The minimum absolute atomic E-state index is 0. The van der Waals surface area contributed by atoms with E-state index in [1.807, 2.05) is 32.0 Å². The molecule has 1 amide bonds. The van der Waals surface area contributed by atoms with Crippen LogP contribution in [0.5, 0.6) is 0 Å². The number of carbonyl (C=O) groups excluding carboxylic acids is 1. The second-order valence-corrected chi connectivity index (χ2v) is 6.44. The molecule has 22 heavy (non-hydrogen) atoms. The SMILES string of the molecule is Cc1ccc(NC(=O)CN2CCCC(C(C)N)C2)c(Cl)c1.Cl. The van der Waals surface area contributed by atoms with Gasteiger partial charge in [0.1, 0.15) is 0 Å². The van der Waals surface area contributed by atoms with Crippen molar-refractivity contribution in [2.75, 3.05) is 25.0 Å². The molecule has 2 atom stereocenters. The van der Waals surface area contributed by atoms with E-state index in [4.69, 9.17) is 17.3 Å². The van der Waals surface area contributed by atoms with Crippen LogP contribution in [0.25, 0.3) is 0 Å². The van der Waals surface area contributed by atoms with Crippen LogP contribution in [0.15, 0.2) is 18.2 Å². The summed E-state index contributed by atoms with van der Waals surface area (Å²) in [6, 6.07) is 5.82. The molecule has 0 bridgehead atoms. The molecule has 0 aromatic heterocycles. The van der Waals surface area contributed by atoms with E-state index in [9.17, 15) is 4.79 Å². The number of hydrogen-bond acceptors (Lipinski definition) is 3. The Balaban J connectivity index is 0.00000242. The maximum atomic E-state index is 12.2. The number of carbonyl (C=O) groups is 1. The van der Waals surface area contributed by atoms with Crippen LogP contribution in [0.2, 0.25) is 5.02 Å². The number of nitrogens with one attached hydrogen (secondary N) is 1. The molecule has 1 aromatic rings. The molecular formula is C16H25Cl2N3O. The Bertz CT molecular complexity index is 508. The first-order chi connectivity index (χ1) is 9.95. The average molecular weight is 346 g/mol. The van der Waals surface area contributed by atoms with E-state index in [0.717, 1.165) is 31.5 Å². The molecule has 1 saturated heterocycles. The van der Waals surface area contributed by atoms with Crippen molar-refractivity contribution in [3.05, 3.63) is 28.8 Å². The van der Waals surface area contributed by atoms with E-state index in [1.165, 1.54) is 0 Å². The molecule has 1 fully saturated rings. The zero-order valence-corrected chi connectivity index (χ0v) is 14.7. The van der Waals surface area contributed by atoms with Crippen molar-refractivity contribution < 1.29 is 4.79 Å². The molecule has 1 aliphatic heterocycles. The molecule has 4 nitrogen and oxygen atoms in total. The molecule has 124 valence electrons. The van der Waals surface area contributed by atoms with Crippen molar-refractivity contribution in [3.8, 4) is 0 Å². The van der Waals surface area contributed by atoms with Crippen LogP contribution >= 0.6 is 24.0 Å². The number of likely N-dealkylation sites (tertiary alicyclic amines) is 1. The topological polar surface area (TPSA) is 58.4 Å². The highest BCUT2D eigenvalue weighted by molar-refractivity contribution is 6.33. The fourth-order valence-corrected chi connectivity index (χ4v) is 3.06. The summed E-state index contributed by atoms with van der Waals surface area (Å²) >= 11 is 6.14. The maximum absolute atomic E-state index is 12.2. The first kappa shape index (κ1) is 19.2. The predicted octanol–water partition coefficient (Wildman–Crippen LogP) is 3.07. The van der Waals surface area contributed by atoms with Gasteiger partial charge in [0.15, 0.2) is 0 Å². The van der Waals surface area contributed by atoms with E-state index in [1.54, 1.807) is 0 Å². The van der Waals surface area contributed by atoms with Gasteiger partial charge in [-0.15, -0.1) is 12.4 Å². The molecule has 6 heteroatoms. The van der Waals surface area contributed by atoms with Gasteiger partial charge in [0.05, 0.1) is 17.3 Å². The third-order valence-corrected chi connectivity index (χ3v) is 4.36. The van der Waals surface area contributed by atoms with Crippen LogP contribution in [-0.4, -0.2) is 36.5 Å². The fraction of sp³-hybridized carbons (Fsp3) is 0.562. The van der Waals surface area contributed by atoms with Gasteiger partial charge < -0.3 is 11.1 Å². The molecule has 1 aliphatic rings. The Morgan fingerprint density at radius 2 is 2.27 bits per heavy atom. The zero-order valence-electron chi connectivity index (χ0n) is 13.1. The summed E-state index contributed by atoms with van der Waals surface area (Å²) in [5.74, 6) is 0.459. The molecule has 1 aromatic carbocycles. The molecule has 0 aliphatic carbocycles. The summed E-state index contributed by atoms with van der Waals surface area (Å²) in [5.41, 5.74) is 7.72. The first-order valence-electron chi connectivity index (χ1n) is 7.49. The largest absolute Gasteiger partial charge is 0.328 e. The number of nitrogens with two attached hydrogens (primary N) is 1. The maximum Gasteiger partial charge on any atom is 0.238 e. The lowest BCUT2D eigenvalue weighted by atomic mass is 9.92. The van der Waals surface area contributed by atoms with Crippen LogP contribution < -0.4 is 11.1 Å². The van der Waals surface area contributed by atoms with Crippen molar-refractivity contribution in [2.24, 2.45) is 11.7 Å². The van der Waals surface area contributed by atoms with E-state index < -0.39 is 0 Å². The van der Waals surface area contributed by atoms with E-state index in [0.29, 0.717) is 23.2 Å². The highest BCUT2D eigenvalue weighted by atomic mass is 35.5. The summed E-state index contributed by atoms with van der Waals surface area (Å²) < 4.78 is 0. The number of piperidine rings is 1. The Kier molecular flexibility index (Phi) is 7.63. The number of aryl methyl sites for hydroxylation is 1. The molecule has 2 unspecified atom stereocenters. The van der Waals surface area contributed by atoms with Gasteiger partial charge in [0, 0.05) is 12.6 Å². The van der Waals surface area contributed by atoms with Crippen LogP contribution in [0.3, 0.4) is 0 Å². The second kappa shape index (κ2) is 8.73. The highest BCUT2D eigenvalue weighted by Gasteiger charge is 2.24. The van der Waals surface area contributed by atoms with Crippen LogP contribution in [-0.2, 0) is 4.79 Å². The van der Waals surface area contributed by atoms with Crippen molar-refractivity contribution >= 4 is 35.6 Å². The molecular weight excluding hydrogens is 321 g/mol. The van der Waals surface area contributed by atoms with Crippen molar-refractivity contribution in [3.63, 3.8) is 0 Å². The molecule has 2 rings (SSSR count). The first-order valence-corrected chi connectivity index (χ1v) is 7.87. The number of hydrogen-bond donors (Lipinski definition) is 2. The second-order valence-electron chi connectivity index (χ2n) is 6.03. The lowest BCUT2D eigenvalue weighted by Gasteiger charge is -2.34. The molecule has 0 spiro atoms. The van der Waals surface area contributed by atoms with Crippen LogP contribution in [0.4, 0.5) is 5.69 Å². The number of nitrogens with zero attached hydrogens (tertiary/aromatic N) is 1. The van der Waals surface area contributed by atoms with Gasteiger partial charge in [-0.05, 0) is 56.8 Å². The molecule has 0 saturated carbocycles. The Morgan fingerprint density at radius 1 is 1.55 bits per heavy atom. The van der Waals surface area contributed by atoms with Gasteiger partial charge in [-0.1, -0.05) is 17.7 Å². The van der Waals surface area contributed by atoms with Crippen LogP contribution in [0, 0.1) is 12.8 Å². The zero-order chi connectivity index (χ0) is 15.4. The van der Waals surface area contributed by atoms with E-state index >= 15 is 0 Å². The summed E-state index contributed by atoms with van der Waals surface area (Å²) in [6.45, 7) is 6.26. The van der Waals surface area contributed by atoms with Gasteiger partial charge in [0.2, 0.25) is 5.91 Å². The summed E-state index contributed by atoms with van der Waals surface area (Å²) in [6.07, 6.45) is 2.25. The summed E-state index contributed by atoms with van der Waals surface area (Å²) in [5, 5.41) is 3.46. The standard InChI is InChI=1S/C16H24ClN3O.ClH/c1-11-5-6-15(14(17)8-11)19-16(21)10-20-7-3-4-13(9-20)12(2)18;/h5-6,8,12-13H,3-4,7,9-10,18H2,1-2H3,(H,19,21);1H. The van der Waals surface area contributed by atoms with Crippen molar-refractivity contribution in [2.45, 2.75) is 32.7 Å². The number of amides is 1. The van der Waals surface area contributed by atoms with Gasteiger partial charge in [-0.3, -0.25) is 9.69 Å². The predicted molar refractivity (Wildman–Crippen MR) is 94.9 cm³/mol. The molecule has 3 N–H and O–H groups in total. The monoisotopic (exact) mass is 345 g/mol. The molecule has 1 heterocycles. The van der Waals surface area contributed by atoms with Gasteiger partial charge in [-0.25, -0.2) is 0 Å². The number of rotatable bonds is 4. The minimum Gasteiger partial charge on any atom is -0.328 e. The van der Waals surface area contributed by atoms with Gasteiger partial charge in [-0.2, -0.15) is 0 Å². The average Bonchev–Trinajstić information content (AvgIpc) is 2.42. The normalized spacial score (nSPS) is 20.1. The van der Waals surface area contributed by atoms with Crippen molar-refractivity contribution in [1.82, 2.24) is 4.90 Å². The lowest BCUT2D eigenvalue weighted by molar-refractivity contribution is -0.117. The third-order valence-electron chi connectivity index (χ3n) is 4.05. The summed E-state index contributed by atoms with van der Waals surface area (Å²) in [4.78, 5) is 14.3. The van der Waals surface area contributed by atoms with Gasteiger partial charge in [0.25, 0.3) is 0 Å².